The minimum atomic E-state index is -1.82. The summed E-state index contributed by atoms with van der Waals surface area (Å²) in [6.45, 7) is 0. The van der Waals surface area contributed by atoms with Gasteiger partial charge >= 0.3 is 11.9 Å². The molecule has 0 fully saturated rings. The Bertz CT molecular complexity index is 77.1. The van der Waals surface area contributed by atoms with Gasteiger partial charge in [0, 0.05) is 0 Å². The molecule has 0 aromatic heterocycles. The minimum absolute atomic E-state index is 0. The Morgan fingerprint density at radius 1 is 0.889 bits per heavy atom. The van der Waals surface area contributed by atoms with Crippen LogP contribution in [0, 0.1) is 0 Å². The largest absolute Gasteiger partial charge is 0.473 e. The number of aliphatic carboxylic acids is 2. The highest BCUT2D eigenvalue weighted by molar-refractivity contribution is 6.27. The van der Waals surface area contributed by atoms with Crippen molar-refractivity contribution >= 4 is 11.9 Å². The Hall–Kier alpha value is -1.18. The second kappa shape index (κ2) is 9.94. The van der Waals surface area contributed by atoms with Crippen molar-refractivity contribution in [2.45, 2.75) is 0 Å². The third-order valence-electron chi connectivity index (χ3n) is 0.183. The van der Waals surface area contributed by atoms with Gasteiger partial charge in [0.1, 0.15) is 0 Å². The van der Waals surface area contributed by atoms with Crippen molar-refractivity contribution in [2.75, 3.05) is 0 Å². The summed E-state index contributed by atoms with van der Waals surface area (Å²) >= 11 is 0. The SMILES string of the molecule is N.O=C(O)C(=O)O.OO. The van der Waals surface area contributed by atoms with Crippen LogP contribution < -0.4 is 6.15 Å². The van der Waals surface area contributed by atoms with Crippen molar-refractivity contribution in [1.29, 1.82) is 0 Å². The summed E-state index contributed by atoms with van der Waals surface area (Å²) in [4.78, 5) is 18.2. The van der Waals surface area contributed by atoms with Crippen LogP contribution in [0.1, 0.15) is 0 Å². The molecule has 9 heavy (non-hydrogen) atoms. The number of carboxylic acid groups (broad SMARTS) is 2. The van der Waals surface area contributed by atoms with Crippen LogP contribution in [0.4, 0.5) is 0 Å². The van der Waals surface area contributed by atoms with Crippen LogP contribution in [0.25, 0.3) is 0 Å². The van der Waals surface area contributed by atoms with Gasteiger partial charge < -0.3 is 16.4 Å². The lowest BCUT2D eigenvalue weighted by Gasteiger charge is -1.72. The Morgan fingerprint density at radius 2 is 1.00 bits per heavy atom. The van der Waals surface area contributed by atoms with E-state index in [0.29, 0.717) is 0 Å². The fraction of sp³-hybridized carbons (Fsp3) is 0. The molecule has 0 aliphatic carbocycles. The second-order valence-corrected chi connectivity index (χ2v) is 0.610. The van der Waals surface area contributed by atoms with Crippen LogP contribution in [0.2, 0.25) is 0 Å². The summed E-state index contributed by atoms with van der Waals surface area (Å²) in [6, 6.07) is 0. The van der Waals surface area contributed by atoms with Crippen LogP contribution in [-0.2, 0) is 9.59 Å². The van der Waals surface area contributed by atoms with Gasteiger partial charge in [-0.15, -0.1) is 0 Å². The maximum atomic E-state index is 9.10. The lowest BCUT2D eigenvalue weighted by atomic mass is 10.7. The van der Waals surface area contributed by atoms with Crippen molar-refractivity contribution in [3.8, 4) is 0 Å². The Balaban J connectivity index is -0.000000109. The van der Waals surface area contributed by atoms with Crippen molar-refractivity contribution in [2.24, 2.45) is 0 Å². The van der Waals surface area contributed by atoms with E-state index in [2.05, 4.69) is 0 Å². The topological polar surface area (TPSA) is 150 Å². The van der Waals surface area contributed by atoms with Crippen molar-refractivity contribution in [3.63, 3.8) is 0 Å². The summed E-state index contributed by atoms with van der Waals surface area (Å²) in [6.07, 6.45) is 0. The zero-order valence-electron chi connectivity index (χ0n) is 4.31. The quantitative estimate of drug-likeness (QED) is 0.170. The van der Waals surface area contributed by atoms with E-state index in [1.54, 1.807) is 0 Å². The van der Waals surface area contributed by atoms with Crippen molar-refractivity contribution in [3.05, 3.63) is 0 Å². The summed E-state index contributed by atoms with van der Waals surface area (Å²) in [5.74, 6) is -3.65. The molecule has 7 nitrogen and oxygen atoms in total. The van der Waals surface area contributed by atoms with E-state index < -0.39 is 11.9 Å². The molecule has 7 heteroatoms. The van der Waals surface area contributed by atoms with E-state index >= 15 is 0 Å². The zero-order valence-corrected chi connectivity index (χ0v) is 4.31. The number of hydrogen-bond donors (Lipinski definition) is 5. The summed E-state index contributed by atoms with van der Waals surface area (Å²) < 4.78 is 0. The maximum absolute atomic E-state index is 9.10. The van der Waals surface area contributed by atoms with Gasteiger partial charge in [0.25, 0.3) is 0 Å². The number of rotatable bonds is 0. The standard InChI is InChI=1S/C2H2O4.H3N.H2O2/c3-1(4)2(5)6;;1-2/h(H,3,4)(H,5,6);1H3;1-2H. The van der Waals surface area contributed by atoms with Crippen LogP contribution >= 0.6 is 0 Å². The van der Waals surface area contributed by atoms with Gasteiger partial charge in [0.15, 0.2) is 0 Å². The predicted molar refractivity (Wildman–Crippen MR) is 25.6 cm³/mol. The normalized spacial score (nSPS) is 5.56. The molecule has 0 heterocycles. The molecule has 0 saturated carbocycles. The molecule has 0 aliphatic rings. The molecule has 0 aliphatic heterocycles. The fourth-order valence-electron chi connectivity index (χ4n) is 0. The van der Waals surface area contributed by atoms with E-state index in [9.17, 15) is 0 Å². The molecule has 0 amide bonds. The molecule has 7 N–H and O–H groups in total. The highest BCUT2D eigenvalue weighted by Gasteiger charge is 2.04. The van der Waals surface area contributed by atoms with E-state index in [1.165, 1.54) is 0 Å². The van der Waals surface area contributed by atoms with E-state index in [0.717, 1.165) is 0 Å². The predicted octanol–water partition coefficient (Wildman–Crippen LogP) is -0.665. The third kappa shape index (κ3) is 19.9. The van der Waals surface area contributed by atoms with Gasteiger partial charge in [-0.25, -0.2) is 9.59 Å². The molecular weight excluding hydrogens is 134 g/mol. The summed E-state index contributed by atoms with van der Waals surface area (Å²) in [7, 11) is 0. The van der Waals surface area contributed by atoms with Crippen LogP contribution in [-0.4, -0.2) is 32.7 Å². The number of carbonyl (C=O) groups is 2. The monoisotopic (exact) mass is 141 g/mol. The first-order chi connectivity index (χ1) is 3.64. The number of carboxylic acids is 2. The van der Waals surface area contributed by atoms with Crippen LogP contribution in [0.15, 0.2) is 0 Å². The lowest BCUT2D eigenvalue weighted by molar-refractivity contribution is -0.176. The average Bonchev–Trinajstić information content (AvgIpc) is 1.72. The molecule has 0 rings (SSSR count). The van der Waals surface area contributed by atoms with Gasteiger partial charge in [-0.3, -0.25) is 10.5 Å². The molecule has 0 aromatic rings. The Kier molecular flexibility index (Phi) is 17.3. The van der Waals surface area contributed by atoms with Crippen molar-refractivity contribution in [1.82, 2.24) is 6.15 Å². The molecule has 0 aromatic carbocycles. The smallest absolute Gasteiger partial charge is 0.414 e. The fourth-order valence-corrected chi connectivity index (χ4v) is 0. The van der Waals surface area contributed by atoms with Gasteiger partial charge in [-0.2, -0.15) is 0 Å². The number of hydrogen-bond acceptors (Lipinski definition) is 5. The highest BCUT2D eigenvalue weighted by Crippen LogP contribution is 1.56. The van der Waals surface area contributed by atoms with Gasteiger partial charge in [0.05, 0.1) is 0 Å². The Morgan fingerprint density at radius 3 is 1.00 bits per heavy atom. The second-order valence-electron chi connectivity index (χ2n) is 0.610. The summed E-state index contributed by atoms with van der Waals surface area (Å²) in [5, 5.41) is 26.8. The van der Waals surface area contributed by atoms with Crippen LogP contribution in [0.3, 0.4) is 0 Å². The first kappa shape index (κ1) is 15.7. The van der Waals surface area contributed by atoms with E-state index in [1.807, 2.05) is 0 Å². The van der Waals surface area contributed by atoms with Crippen molar-refractivity contribution < 1.29 is 30.3 Å². The minimum Gasteiger partial charge on any atom is -0.473 e. The average molecular weight is 141 g/mol. The molecule has 0 radical (unpaired) electrons. The Labute approximate surface area is 49.7 Å². The molecule has 0 saturated heterocycles. The summed E-state index contributed by atoms with van der Waals surface area (Å²) in [5.41, 5.74) is 0. The highest BCUT2D eigenvalue weighted by atomic mass is 17.0. The molecule has 0 unspecified atom stereocenters. The van der Waals surface area contributed by atoms with E-state index in [-0.39, 0.29) is 6.15 Å². The zero-order chi connectivity index (χ0) is 7.15. The van der Waals surface area contributed by atoms with E-state index in [4.69, 9.17) is 30.3 Å². The lowest BCUT2D eigenvalue weighted by Crippen LogP contribution is -2.09. The first-order valence-electron chi connectivity index (χ1n) is 1.31. The maximum Gasteiger partial charge on any atom is 0.414 e. The third-order valence-corrected chi connectivity index (χ3v) is 0.183. The first-order valence-corrected chi connectivity index (χ1v) is 1.31. The van der Waals surface area contributed by atoms with Gasteiger partial charge in [0.2, 0.25) is 0 Å². The molecule has 0 bridgehead atoms. The molecule has 0 spiro atoms. The van der Waals surface area contributed by atoms with Gasteiger partial charge in [-0.1, -0.05) is 0 Å². The molecular formula is C2H7NO6. The van der Waals surface area contributed by atoms with Crippen LogP contribution in [0.5, 0.6) is 0 Å². The molecule has 56 valence electrons. The van der Waals surface area contributed by atoms with Gasteiger partial charge in [-0.05, 0) is 0 Å². The molecule has 0 atom stereocenters.